The second kappa shape index (κ2) is 2.93. The van der Waals surface area contributed by atoms with E-state index >= 15 is 0 Å². The second-order valence-corrected chi connectivity index (χ2v) is 3.72. The average Bonchev–Trinajstić information content (AvgIpc) is 2.04. The molecule has 0 fully saturated rings. The van der Waals surface area contributed by atoms with Crippen molar-refractivity contribution in [3.05, 3.63) is 34.8 Å². The molecule has 0 aromatic heterocycles. The van der Waals surface area contributed by atoms with E-state index in [4.69, 9.17) is 5.73 Å². The van der Waals surface area contributed by atoms with Crippen molar-refractivity contribution in [3.63, 3.8) is 0 Å². The van der Waals surface area contributed by atoms with E-state index in [0.29, 0.717) is 5.82 Å². The number of benzene rings is 1. The van der Waals surface area contributed by atoms with Gasteiger partial charge in [-0.3, -0.25) is 0 Å². The molecule has 62 valence electrons. The maximum absolute atomic E-state index is 5.78. The van der Waals surface area contributed by atoms with Crippen LogP contribution >= 0.6 is 22.6 Å². The summed E-state index contributed by atoms with van der Waals surface area (Å²) < 4.78 is 0.0532. The number of rotatable bonds is 0. The fraction of sp³-hybridized carbons (Fsp3) is 0.125. The molecule has 0 amide bonds. The minimum absolute atomic E-state index is 0.0532. The van der Waals surface area contributed by atoms with E-state index in [-0.39, 0.29) is 4.17 Å². The zero-order valence-corrected chi connectivity index (χ0v) is 8.45. The van der Waals surface area contributed by atoms with E-state index < -0.39 is 0 Å². The number of hydrogen-bond acceptors (Lipinski definition) is 3. The molecule has 0 aliphatic carbocycles. The van der Waals surface area contributed by atoms with Gasteiger partial charge in [-0.15, -0.1) is 0 Å². The van der Waals surface area contributed by atoms with Crippen molar-refractivity contribution in [2.75, 3.05) is 0 Å². The van der Waals surface area contributed by atoms with E-state index in [9.17, 15) is 0 Å². The Balaban J connectivity index is 2.81. The maximum atomic E-state index is 5.78. The van der Waals surface area contributed by atoms with Crippen LogP contribution in [-0.4, -0.2) is 4.17 Å². The number of alkyl halides is 1. The number of hydrogen-bond donors (Lipinski definition) is 2. The predicted octanol–water partition coefficient (Wildman–Crippen LogP) is -0.348. The largest absolute Gasteiger partial charge is 0.385 e. The highest BCUT2D eigenvalue weighted by Gasteiger charge is 2.06. The first-order chi connectivity index (χ1) is 5.77. The lowest BCUT2D eigenvalue weighted by Crippen LogP contribution is -2.43. The molecular formula is C8H8IN3. The summed E-state index contributed by atoms with van der Waals surface area (Å²) in [5.41, 5.74) is 5.78. The van der Waals surface area contributed by atoms with Gasteiger partial charge in [0.05, 0.1) is 5.36 Å². The van der Waals surface area contributed by atoms with Crippen molar-refractivity contribution < 1.29 is 0 Å². The van der Waals surface area contributed by atoms with Crippen LogP contribution in [0.1, 0.15) is 0 Å². The zero-order chi connectivity index (χ0) is 8.55. The molecule has 3 nitrogen and oxygen atoms in total. The van der Waals surface area contributed by atoms with E-state index in [1.807, 2.05) is 24.3 Å². The van der Waals surface area contributed by atoms with E-state index in [1.165, 1.54) is 0 Å². The normalized spacial score (nSPS) is 20.8. The minimum Gasteiger partial charge on any atom is -0.385 e. The van der Waals surface area contributed by atoms with Gasteiger partial charge in [0.15, 0.2) is 4.17 Å². The van der Waals surface area contributed by atoms with Crippen LogP contribution in [0.5, 0.6) is 0 Å². The van der Waals surface area contributed by atoms with Gasteiger partial charge in [-0.2, -0.15) is 0 Å². The Kier molecular flexibility index (Phi) is 1.92. The molecule has 0 bridgehead atoms. The van der Waals surface area contributed by atoms with Crippen molar-refractivity contribution >= 4 is 28.4 Å². The molecule has 0 saturated heterocycles. The number of fused-ring (bicyclic) bond motifs is 1. The van der Waals surface area contributed by atoms with Gasteiger partial charge in [-0.1, -0.05) is 12.1 Å². The van der Waals surface area contributed by atoms with Gasteiger partial charge in [0.25, 0.3) is 0 Å². The molecule has 12 heavy (non-hydrogen) atoms. The fourth-order valence-electron chi connectivity index (χ4n) is 1.17. The molecule has 0 saturated carbocycles. The summed E-state index contributed by atoms with van der Waals surface area (Å²) in [7, 11) is 0. The summed E-state index contributed by atoms with van der Waals surface area (Å²) in [5.74, 6) is 0.708. The molecule has 2 rings (SSSR count). The van der Waals surface area contributed by atoms with Gasteiger partial charge in [0.2, 0.25) is 0 Å². The lowest BCUT2D eigenvalue weighted by atomic mass is 10.2. The number of nitrogens with one attached hydrogen (secondary N) is 1. The highest BCUT2D eigenvalue weighted by molar-refractivity contribution is 14.1. The average molecular weight is 273 g/mol. The molecule has 3 N–H and O–H groups in total. The van der Waals surface area contributed by atoms with Gasteiger partial charge in [0, 0.05) is 5.22 Å². The highest BCUT2D eigenvalue weighted by atomic mass is 127. The van der Waals surface area contributed by atoms with E-state index in [2.05, 4.69) is 32.9 Å². The molecule has 1 heterocycles. The van der Waals surface area contributed by atoms with Crippen LogP contribution in [0.15, 0.2) is 29.3 Å². The fourth-order valence-corrected chi connectivity index (χ4v) is 1.81. The molecule has 1 aliphatic heterocycles. The van der Waals surface area contributed by atoms with Crippen LogP contribution in [0.4, 0.5) is 0 Å². The first kappa shape index (κ1) is 7.85. The Bertz CT molecular complexity index is 413. The highest BCUT2D eigenvalue weighted by Crippen LogP contribution is 1.99. The predicted molar refractivity (Wildman–Crippen MR) is 55.8 cm³/mol. The molecule has 1 atom stereocenters. The summed E-state index contributed by atoms with van der Waals surface area (Å²) in [5, 5.41) is 5.01. The maximum Gasteiger partial charge on any atom is 0.172 e. The van der Waals surface area contributed by atoms with Gasteiger partial charge in [0.1, 0.15) is 5.82 Å². The summed E-state index contributed by atoms with van der Waals surface area (Å²) in [6.07, 6.45) is 0. The summed E-state index contributed by atoms with van der Waals surface area (Å²) in [4.78, 5) is 4.37. The molecule has 1 unspecified atom stereocenters. The summed E-state index contributed by atoms with van der Waals surface area (Å²) in [6.45, 7) is 0. The van der Waals surface area contributed by atoms with Crippen molar-refractivity contribution in [3.8, 4) is 0 Å². The first-order valence-electron chi connectivity index (χ1n) is 3.60. The third-order valence-corrected chi connectivity index (χ3v) is 2.31. The van der Waals surface area contributed by atoms with Crippen LogP contribution in [0.25, 0.3) is 5.82 Å². The number of halogens is 1. The quantitative estimate of drug-likeness (QED) is 0.386. The molecule has 0 radical (unpaired) electrons. The standard InChI is InChI=1S/C8H8IN3/c9-8-11-6-4-2-1-3-5(6)7(10)12-8/h1-4,8,12H,10H2. The topological polar surface area (TPSA) is 50.4 Å². The monoisotopic (exact) mass is 273 g/mol. The molecule has 0 spiro atoms. The van der Waals surface area contributed by atoms with Crippen LogP contribution in [-0.2, 0) is 0 Å². The first-order valence-corrected chi connectivity index (χ1v) is 4.85. The lowest BCUT2D eigenvalue weighted by Gasteiger charge is -2.13. The smallest absolute Gasteiger partial charge is 0.172 e. The van der Waals surface area contributed by atoms with Crippen LogP contribution < -0.4 is 21.6 Å². The SMILES string of the molecule is NC1=c2ccccc2=NC(I)N1. The molecule has 1 aromatic rings. The third kappa shape index (κ3) is 1.26. The van der Waals surface area contributed by atoms with Gasteiger partial charge in [-0.05, 0) is 34.7 Å². The Labute approximate surface area is 83.5 Å². The third-order valence-electron chi connectivity index (χ3n) is 1.72. The van der Waals surface area contributed by atoms with Gasteiger partial charge >= 0.3 is 0 Å². The van der Waals surface area contributed by atoms with Crippen LogP contribution in [0.2, 0.25) is 0 Å². The molecule has 4 heteroatoms. The molecule has 1 aromatic carbocycles. The Morgan fingerprint density at radius 2 is 2.17 bits per heavy atom. The molecular weight excluding hydrogens is 265 g/mol. The zero-order valence-electron chi connectivity index (χ0n) is 6.29. The number of para-hydroxylation sites is 1. The summed E-state index contributed by atoms with van der Waals surface area (Å²) >= 11 is 2.19. The van der Waals surface area contributed by atoms with Crippen LogP contribution in [0, 0.1) is 0 Å². The van der Waals surface area contributed by atoms with E-state index in [1.54, 1.807) is 0 Å². The Morgan fingerprint density at radius 3 is 3.00 bits per heavy atom. The van der Waals surface area contributed by atoms with Crippen LogP contribution in [0.3, 0.4) is 0 Å². The second-order valence-electron chi connectivity index (χ2n) is 2.54. The van der Waals surface area contributed by atoms with Gasteiger partial charge < -0.3 is 11.1 Å². The van der Waals surface area contributed by atoms with E-state index in [0.717, 1.165) is 10.6 Å². The lowest BCUT2D eigenvalue weighted by molar-refractivity contribution is 0.802. The Morgan fingerprint density at radius 1 is 1.42 bits per heavy atom. The number of nitrogens with zero attached hydrogens (tertiary/aromatic N) is 1. The number of nitrogens with two attached hydrogens (primary N) is 1. The van der Waals surface area contributed by atoms with Crippen molar-refractivity contribution in [1.29, 1.82) is 0 Å². The van der Waals surface area contributed by atoms with Gasteiger partial charge in [-0.25, -0.2) is 4.99 Å². The molecule has 1 aliphatic rings. The van der Waals surface area contributed by atoms with Crippen molar-refractivity contribution in [2.45, 2.75) is 4.17 Å². The Hall–Kier alpha value is -0.780. The van der Waals surface area contributed by atoms with Crippen molar-refractivity contribution in [1.82, 2.24) is 5.32 Å². The minimum atomic E-state index is 0.0532. The summed E-state index contributed by atoms with van der Waals surface area (Å²) in [6, 6.07) is 7.85. The van der Waals surface area contributed by atoms with Crippen molar-refractivity contribution in [2.24, 2.45) is 10.7 Å².